The number of aromatic carboxylic acids is 1. The average Bonchev–Trinajstić information content (AvgIpc) is 2.78. The summed E-state index contributed by atoms with van der Waals surface area (Å²) in [5.41, 5.74) is 2.10. The molecule has 35 heavy (non-hydrogen) atoms. The number of carboxylic acid groups (broad SMARTS) is 1. The third-order valence-electron chi connectivity index (χ3n) is 5.23. The normalized spacial score (nSPS) is 15.1. The molecule has 1 saturated heterocycles. The topological polar surface area (TPSA) is 141 Å². The van der Waals surface area contributed by atoms with Crippen molar-refractivity contribution in [1.29, 1.82) is 0 Å². The molecule has 0 bridgehead atoms. The van der Waals surface area contributed by atoms with Crippen LogP contribution in [-0.2, 0) is 0 Å². The molecule has 1 unspecified atom stereocenters. The number of aromatic amines is 2. The van der Waals surface area contributed by atoms with Crippen LogP contribution in [0, 0.1) is 9.54 Å². The number of anilines is 4. The summed E-state index contributed by atoms with van der Waals surface area (Å²) in [5.74, 6) is -0.346. The first-order valence-electron chi connectivity index (χ1n) is 10.6. The molecule has 10 nitrogen and oxygen atoms in total. The molecule has 0 amide bonds. The van der Waals surface area contributed by atoms with Crippen molar-refractivity contribution < 1.29 is 38.6 Å². The molecule has 1 aromatic heterocycles. The van der Waals surface area contributed by atoms with Crippen molar-refractivity contribution in [2.24, 2.45) is 0 Å². The SMILES string of the molecule is O=C([O-])c1ccc(OCNc2cccc(Nc3nc(=S)[nH]c(=S)[nH]3)c2)cc1N1CCCC(O)C1.[Li+]. The van der Waals surface area contributed by atoms with Gasteiger partial charge >= 0.3 is 18.9 Å². The van der Waals surface area contributed by atoms with Crippen LogP contribution in [0.4, 0.5) is 23.0 Å². The molecular weight excluding hydrogens is 483 g/mol. The van der Waals surface area contributed by atoms with Crippen LogP contribution in [-0.4, -0.2) is 52.0 Å². The van der Waals surface area contributed by atoms with Gasteiger partial charge in [0.2, 0.25) is 10.7 Å². The van der Waals surface area contributed by atoms with Crippen LogP contribution in [0.5, 0.6) is 5.75 Å². The van der Waals surface area contributed by atoms with E-state index in [0.717, 1.165) is 17.8 Å². The number of nitrogens with one attached hydrogen (secondary N) is 4. The molecule has 2 heterocycles. The van der Waals surface area contributed by atoms with Gasteiger partial charge in [-0.2, -0.15) is 4.98 Å². The number of carbonyl (C=O) groups is 1. The average molecular weight is 507 g/mol. The Kier molecular flexibility index (Phi) is 9.31. The third-order valence-corrected chi connectivity index (χ3v) is 5.63. The number of aliphatic hydroxyl groups excluding tert-OH is 1. The number of hydrogen-bond acceptors (Lipinski definition) is 10. The number of rotatable bonds is 8. The van der Waals surface area contributed by atoms with Crippen molar-refractivity contribution in [3.63, 3.8) is 0 Å². The summed E-state index contributed by atoms with van der Waals surface area (Å²) in [5, 5.41) is 27.8. The number of carboxylic acids is 1. The second-order valence-corrected chi connectivity index (χ2v) is 8.52. The van der Waals surface area contributed by atoms with E-state index in [-0.39, 0.29) is 35.9 Å². The number of ether oxygens (including phenoxy) is 1. The maximum Gasteiger partial charge on any atom is 1.00 e. The number of piperidine rings is 1. The number of nitrogens with zero attached hydrogens (tertiary/aromatic N) is 2. The zero-order valence-electron chi connectivity index (χ0n) is 19.0. The van der Waals surface area contributed by atoms with Crippen LogP contribution in [0.25, 0.3) is 0 Å². The summed E-state index contributed by atoms with van der Waals surface area (Å²) >= 11 is 10.1. The van der Waals surface area contributed by atoms with E-state index in [1.165, 1.54) is 6.07 Å². The zero-order chi connectivity index (χ0) is 24.1. The summed E-state index contributed by atoms with van der Waals surface area (Å²) in [4.78, 5) is 23.2. The number of hydrogen-bond donors (Lipinski definition) is 5. The van der Waals surface area contributed by atoms with E-state index in [0.29, 0.717) is 41.7 Å². The number of H-pyrrole nitrogens is 2. The Bertz CT molecular complexity index is 1270. The zero-order valence-corrected chi connectivity index (χ0v) is 20.7. The van der Waals surface area contributed by atoms with Crippen LogP contribution in [0.15, 0.2) is 42.5 Å². The molecule has 1 fully saturated rings. The molecule has 0 aliphatic carbocycles. The minimum atomic E-state index is -1.27. The minimum absolute atomic E-state index is 0. The quantitative estimate of drug-likeness (QED) is 0.157. The van der Waals surface area contributed by atoms with E-state index in [9.17, 15) is 15.0 Å². The molecule has 13 heteroatoms. The summed E-state index contributed by atoms with van der Waals surface area (Å²) in [7, 11) is 0. The maximum atomic E-state index is 11.6. The molecule has 1 atom stereocenters. The molecule has 1 aliphatic rings. The van der Waals surface area contributed by atoms with Crippen molar-refractivity contribution >= 4 is 53.4 Å². The van der Waals surface area contributed by atoms with Crippen molar-refractivity contribution in [3.05, 3.63) is 57.6 Å². The minimum Gasteiger partial charge on any atom is -0.545 e. The largest absolute Gasteiger partial charge is 1.00 e. The van der Waals surface area contributed by atoms with Gasteiger partial charge in [0.05, 0.1) is 12.1 Å². The monoisotopic (exact) mass is 506 g/mol. The Hall–Kier alpha value is -2.88. The standard InChI is InChI=1S/C22H24N6O4S2.Li/c29-15-5-2-8-28(11-15)18-10-16(6-7-17(18)19(30)31)32-12-23-13-3-1-4-14(9-13)24-20-25-21(33)27-22(34)26-20;/h1,3-4,6-7,9-10,15,23,29H,2,5,8,11-12H2,(H,30,31)(H3,24,25,26,27,33,34);/q;+1/p-1. The summed E-state index contributed by atoms with van der Waals surface area (Å²) in [6, 6.07) is 12.2. The van der Waals surface area contributed by atoms with Crippen LogP contribution >= 0.6 is 24.4 Å². The Balaban J connectivity index is 0.00000342. The molecule has 178 valence electrons. The summed E-state index contributed by atoms with van der Waals surface area (Å²) in [6.45, 7) is 1.17. The molecule has 1 aliphatic heterocycles. The van der Waals surface area contributed by atoms with Gasteiger partial charge in [0, 0.05) is 41.8 Å². The fraction of sp³-hybridized carbons (Fsp3) is 0.273. The van der Waals surface area contributed by atoms with Gasteiger partial charge in [-0.25, -0.2) is 0 Å². The molecule has 0 spiro atoms. The predicted octanol–water partition coefficient (Wildman–Crippen LogP) is -0.283. The molecule has 2 aromatic carbocycles. The molecule has 3 aromatic rings. The third kappa shape index (κ3) is 7.30. The van der Waals surface area contributed by atoms with Crippen LogP contribution in [0.3, 0.4) is 0 Å². The van der Waals surface area contributed by atoms with E-state index in [1.54, 1.807) is 12.1 Å². The first-order chi connectivity index (χ1) is 16.4. The maximum absolute atomic E-state index is 11.6. The van der Waals surface area contributed by atoms with Gasteiger partial charge in [0.25, 0.3) is 0 Å². The van der Waals surface area contributed by atoms with Gasteiger partial charge in [-0.3, -0.25) is 0 Å². The van der Waals surface area contributed by atoms with Gasteiger partial charge in [-0.05, 0) is 67.6 Å². The van der Waals surface area contributed by atoms with Gasteiger partial charge in [-0.15, -0.1) is 0 Å². The van der Waals surface area contributed by atoms with E-state index >= 15 is 0 Å². The fourth-order valence-electron chi connectivity index (χ4n) is 3.71. The van der Waals surface area contributed by atoms with Crippen molar-refractivity contribution in [1.82, 2.24) is 15.0 Å². The van der Waals surface area contributed by atoms with Gasteiger partial charge in [-0.1, -0.05) is 6.07 Å². The number of aliphatic hydroxyl groups is 1. The van der Waals surface area contributed by atoms with E-state index in [1.807, 2.05) is 29.2 Å². The summed E-state index contributed by atoms with van der Waals surface area (Å²) < 4.78 is 6.45. The van der Waals surface area contributed by atoms with E-state index in [2.05, 4.69) is 25.6 Å². The number of carbonyl (C=O) groups excluding carboxylic acids is 1. The first-order valence-corrected chi connectivity index (χ1v) is 11.4. The van der Waals surface area contributed by atoms with Crippen LogP contribution in [0.2, 0.25) is 0 Å². The Morgan fingerprint density at radius 3 is 2.77 bits per heavy atom. The smallest absolute Gasteiger partial charge is 0.545 e. The van der Waals surface area contributed by atoms with Crippen LogP contribution < -0.4 is 44.2 Å². The molecule has 5 N–H and O–H groups in total. The predicted molar refractivity (Wildman–Crippen MR) is 132 cm³/mol. The number of aromatic nitrogens is 3. The van der Waals surface area contributed by atoms with Gasteiger partial charge in [0.15, 0.2) is 11.5 Å². The van der Waals surface area contributed by atoms with Crippen molar-refractivity contribution in [2.45, 2.75) is 18.9 Å². The second-order valence-electron chi connectivity index (χ2n) is 7.72. The Labute approximate surface area is 223 Å². The molecule has 4 rings (SSSR count). The van der Waals surface area contributed by atoms with Crippen LogP contribution in [0.1, 0.15) is 23.2 Å². The Morgan fingerprint density at radius 1 is 1.23 bits per heavy atom. The van der Waals surface area contributed by atoms with Gasteiger partial charge < -0.3 is 45.2 Å². The second kappa shape index (κ2) is 12.2. The molecule has 0 saturated carbocycles. The number of benzene rings is 2. The van der Waals surface area contributed by atoms with Gasteiger partial charge in [0.1, 0.15) is 5.75 Å². The Morgan fingerprint density at radius 2 is 2.03 bits per heavy atom. The fourth-order valence-corrected chi connectivity index (χ4v) is 4.16. The van der Waals surface area contributed by atoms with Crippen molar-refractivity contribution in [3.8, 4) is 5.75 Å². The van der Waals surface area contributed by atoms with Crippen molar-refractivity contribution in [2.75, 3.05) is 35.4 Å². The van der Waals surface area contributed by atoms with E-state index in [4.69, 9.17) is 29.2 Å². The number of β-amino-alcohol motifs (C(OH)–C–C–N with tert-alkyl or cyclic N) is 1. The van der Waals surface area contributed by atoms with E-state index < -0.39 is 12.1 Å². The first kappa shape index (κ1) is 26.7. The summed E-state index contributed by atoms with van der Waals surface area (Å²) in [6.07, 6.45) is 0.985. The molecule has 0 radical (unpaired) electrons. The molecular formula is C22H23LiN6O4S2.